The fraction of sp³-hybridized carbons (Fsp3) is 1.00. The second-order valence-electron chi connectivity index (χ2n) is 6.05. The first-order chi connectivity index (χ1) is 8.01. The van der Waals surface area contributed by atoms with Crippen LogP contribution in [0.15, 0.2) is 0 Å². The Balaban J connectivity index is 2.49. The zero-order valence-corrected chi connectivity index (χ0v) is 12.2. The van der Waals surface area contributed by atoms with Crippen molar-refractivity contribution in [2.75, 3.05) is 39.3 Å². The third-order valence-corrected chi connectivity index (χ3v) is 4.28. The van der Waals surface area contributed by atoms with Crippen LogP contribution in [0.1, 0.15) is 40.5 Å². The van der Waals surface area contributed by atoms with E-state index in [0.717, 1.165) is 12.5 Å². The van der Waals surface area contributed by atoms with E-state index in [4.69, 9.17) is 5.73 Å². The summed E-state index contributed by atoms with van der Waals surface area (Å²) in [6.45, 7) is 15.9. The normalized spacial score (nSPS) is 22.9. The van der Waals surface area contributed by atoms with Gasteiger partial charge in [0.05, 0.1) is 0 Å². The lowest BCUT2D eigenvalue weighted by Crippen LogP contribution is -2.58. The minimum atomic E-state index is 0.212. The number of nitrogens with two attached hydrogens (primary N) is 1. The van der Waals surface area contributed by atoms with Crippen LogP contribution in [0.3, 0.4) is 0 Å². The maximum absolute atomic E-state index is 6.04. The molecule has 0 saturated carbocycles. The summed E-state index contributed by atoms with van der Waals surface area (Å²) < 4.78 is 0. The Kier molecular flexibility index (Phi) is 5.90. The first-order valence-electron chi connectivity index (χ1n) is 7.19. The summed E-state index contributed by atoms with van der Waals surface area (Å²) in [4.78, 5) is 5.14. The van der Waals surface area contributed by atoms with E-state index in [0.29, 0.717) is 0 Å². The lowest BCUT2D eigenvalue weighted by atomic mass is 9.89. The summed E-state index contributed by atoms with van der Waals surface area (Å²) >= 11 is 0. The molecule has 0 radical (unpaired) electrons. The fourth-order valence-electron chi connectivity index (χ4n) is 2.59. The third-order valence-electron chi connectivity index (χ3n) is 4.28. The summed E-state index contributed by atoms with van der Waals surface area (Å²) in [7, 11) is 0. The minimum Gasteiger partial charge on any atom is -0.329 e. The van der Waals surface area contributed by atoms with Gasteiger partial charge in [0, 0.05) is 38.3 Å². The van der Waals surface area contributed by atoms with Gasteiger partial charge in [0.1, 0.15) is 0 Å². The Bertz CT molecular complexity index is 210. The average molecular weight is 241 g/mol. The number of rotatable bonds is 6. The van der Waals surface area contributed by atoms with E-state index in [-0.39, 0.29) is 5.54 Å². The molecule has 1 aliphatic heterocycles. The van der Waals surface area contributed by atoms with Gasteiger partial charge < -0.3 is 10.6 Å². The Morgan fingerprint density at radius 2 is 1.76 bits per heavy atom. The van der Waals surface area contributed by atoms with E-state index in [1.165, 1.54) is 45.6 Å². The van der Waals surface area contributed by atoms with Crippen molar-refractivity contribution in [3.8, 4) is 0 Å². The summed E-state index contributed by atoms with van der Waals surface area (Å²) in [5, 5.41) is 0. The predicted octanol–water partition coefficient (Wildman–Crippen LogP) is 1.78. The van der Waals surface area contributed by atoms with E-state index in [1.807, 2.05) is 0 Å². The number of hydrogen-bond donors (Lipinski definition) is 1. The van der Waals surface area contributed by atoms with Crippen molar-refractivity contribution in [2.45, 2.75) is 46.1 Å². The molecule has 17 heavy (non-hydrogen) atoms. The topological polar surface area (TPSA) is 32.5 Å². The van der Waals surface area contributed by atoms with Gasteiger partial charge in [-0.25, -0.2) is 0 Å². The Morgan fingerprint density at radius 1 is 1.18 bits per heavy atom. The summed E-state index contributed by atoms with van der Waals surface area (Å²) in [6.07, 6.45) is 2.51. The van der Waals surface area contributed by atoms with Crippen molar-refractivity contribution in [3.05, 3.63) is 0 Å². The second-order valence-corrected chi connectivity index (χ2v) is 6.05. The van der Waals surface area contributed by atoms with Gasteiger partial charge >= 0.3 is 0 Å². The summed E-state index contributed by atoms with van der Waals surface area (Å²) in [5.41, 5.74) is 6.25. The highest BCUT2D eigenvalue weighted by Crippen LogP contribution is 2.24. The molecule has 0 aliphatic carbocycles. The van der Waals surface area contributed by atoms with Crippen molar-refractivity contribution < 1.29 is 0 Å². The van der Waals surface area contributed by atoms with E-state index in [2.05, 4.69) is 37.5 Å². The molecule has 0 amide bonds. The van der Waals surface area contributed by atoms with E-state index in [1.54, 1.807) is 0 Å². The van der Waals surface area contributed by atoms with Crippen LogP contribution in [0.4, 0.5) is 0 Å². The van der Waals surface area contributed by atoms with E-state index in [9.17, 15) is 0 Å². The van der Waals surface area contributed by atoms with Gasteiger partial charge in [-0.2, -0.15) is 0 Å². The molecule has 0 aromatic rings. The summed E-state index contributed by atoms with van der Waals surface area (Å²) in [5.74, 6) is 0.776. The first-order valence-corrected chi connectivity index (χ1v) is 7.19. The lowest BCUT2D eigenvalue weighted by Gasteiger charge is -2.45. The molecule has 3 nitrogen and oxygen atoms in total. The van der Waals surface area contributed by atoms with Crippen LogP contribution >= 0.6 is 0 Å². The lowest BCUT2D eigenvalue weighted by molar-refractivity contribution is 0.0402. The molecule has 0 aromatic heterocycles. The van der Waals surface area contributed by atoms with Crippen LogP contribution in [0.2, 0.25) is 0 Å². The van der Waals surface area contributed by atoms with Gasteiger partial charge in [-0.1, -0.05) is 20.8 Å². The van der Waals surface area contributed by atoms with Crippen molar-refractivity contribution in [1.82, 2.24) is 9.80 Å². The summed E-state index contributed by atoms with van der Waals surface area (Å²) in [6, 6.07) is 0. The Hall–Kier alpha value is -0.120. The quantitative estimate of drug-likeness (QED) is 0.769. The smallest absolute Gasteiger partial charge is 0.0304 e. The van der Waals surface area contributed by atoms with Crippen molar-refractivity contribution in [2.24, 2.45) is 11.7 Å². The van der Waals surface area contributed by atoms with Crippen LogP contribution in [-0.4, -0.2) is 54.6 Å². The second kappa shape index (κ2) is 6.72. The van der Waals surface area contributed by atoms with Crippen LogP contribution in [0.25, 0.3) is 0 Å². The van der Waals surface area contributed by atoms with Gasteiger partial charge in [-0.15, -0.1) is 0 Å². The van der Waals surface area contributed by atoms with Gasteiger partial charge in [0.15, 0.2) is 0 Å². The molecule has 1 fully saturated rings. The SMILES string of the molecule is CCN1CCN(C(C)(CN)CCC(C)C)CC1. The molecule has 1 unspecified atom stereocenters. The molecule has 2 N–H and O–H groups in total. The molecule has 1 saturated heterocycles. The number of nitrogens with zero attached hydrogens (tertiary/aromatic N) is 2. The highest BCUT2D eigenvalue weighted by Gasteiger charge is 2.32. The number of hydrogen-bond acceptors (Lipinski definition) is 3. The molecule has 1 rings (SSSR count). The molecular weight excluding hydrogens is 210 g/mol. The molecule has 102 valence electrons. The van der Waals surface area contributed by atoms with Crippen molar-refractivity contribution in [3.63, 3.8) is 0 Å². The van der Waals surface area contributed by atoms with Crippen LogP contribution in [0, 0.1) is 5.92 Å². The highest BCUT2D eigenvalue weighted by molar-refractivity contribution is 4.90. The van der Waals surface area contributed by atoms with Crippen molar-refractivity contribution >= 4 is 0 Å². The Labute approximate surface area is 107 Å². The van der Waals surface area contributed by atoms with E-state index >= 15 is 0 Å². The predicted molar refractivity (Wildman–Crippen MR) is 75.2 cm³/mol. The Morgan fingerprint density at radius 3 is 2.18 bits per heavy atom. The minimum absolute atomic E-state index is 0.212. The molecule has 0 spiro atoms. The number of piperazine rings is 1. The van der Waals surface area contributed by atoms with Gasteiger partial charge in [-0.3, -0.25) is 4.90 Å². The third kappa shape index (κ3) is 4.23. The van der Waals surface area contributed by atoms with Crippen LogP contribution in [-0.2, 0) is 0 Å². The number of likely N-dealkylation sites (N-methyl/N-ethyl adjacent to an activating group) is 1. The maximum atomic E-state index is 6.04. The van der Waals surface area contributed by atoms with Gasteiger partial charge in [0.2, 0.25) is 0 Å². The standard InChI is InChI=1S/C14H31N3/c1-5-16-8-10-17(11-9-16)14(4,12-15)7-6-13(2)3/h13H,5-12,15H2,1-4H3. The largest absolute Gasteiger partial charge is 0.329 e. The van der Waals surface area contributed by atoms with Gasteiger partial charge in [-0.05, 0) is 32.2 Å². The van der Waals surface area contributed by atoms with E-state index < -0.39 is 0 Å². The van der Waals surface area contributed by atoms with Crippen molar-refractivity contribution in [1.29, 1.82) is 0 Å². The zero-order chi connectivity index (χ0) is 12.9. The molecular formula is C14H31N3. The van der Waals surface area contributed by atoms with Gasteiger partial charge in [0.25, 0.3) is 0 Å². The van der Waals surface area contributed by atoms with Crippen LogP contribution < -0.4 is 5.73 Å². The molecule has 1 aliphatic rings. The zero-order valence-electron chi connectivity index (χ0n) is 12.2. The molecule has 0 aromatic carbocycles. The average Bonchev–Trinajstić information content (AvgIpc) is 2.36. The highest BCUT2D eigenvalue weighted by atomic mass is 15.3. The fourth-order valence-corrected chi connectivity index (χ4v) is 2.59. The maximum Gasteiger partial charge on any atom is 0.0304 e. The van der Waals surface area contributed by atoms with Crippen LogP contribution in [0.5, 0.6) is 0 Å². The first kappa shape index (κ1) is 14.9. The monoisotopic (exact) mass is 241 g/mol. The molecule has 1 heterocycles. The molecule has 3 heteroatoms. The molecule has 0 bridgehead atoms. The molecule has 1 atom stereocenters.